The maximum absolute atomic E-state index is 11.6. The third-order valence-corrected chi connectivity index (χ3v) is 8.66. The van der Waals surface area contributed by atoms with Crippen LogP contribution in [0.4, 0.5) is 11.6 Å². The molecule has 0 bridgehead atoms. The number of rotatable bonds is 8. The van der Waals surface area contributed by atoms with Crippen LogP contribution in [0.3, 0.4) is 0 Å². The van der Waals surface area contributed by atoms with Crippen LogP contribution in [0, 0.1) is 18.8 Å². The van der Waals surface area contributed by atoms with E-state index in [4.69, 9.17) is 4.98 Å². The number of aryl methyl sites for hydroxylation is 1. The molecule has 0 radical (unpaired) electrons. The van der Waals surface area contributed by atoms with Gasteiger partial charge < -0.3 is 15.5 Å². The standard InChI is InChI=1S/C27H32N4O3S/c1-3-27(34,20-8-6-18(7-9-20)25(32)33)26-29-15-22(35-26)21-12-16(2)13-24(30-21)31-23-14-19(10-11-28-23)17-4-5-17/h10-15,17-18,20,34H,3-9H2,1-2H3,(H,32,33)(H,28,30,31)/t18-,20-,27?. The van der Waals surface area contributed by atoms with Gasteiger partial charge in [-0.15, -0.1) is 11.3 Å². The number of aliphatic hydroxyl groups is 1. The molecule has 3 aromatic rings. The summed E-state index contributed by atoms with van der Waals surface area (Å²) in [5.74, 6) is 1.15. The second-order valence-electron chi connectivity index (χ2n) is 9.98. The zero-order valence-electron chi connectivity index (χ0n) is 20.2. The van der Waals surface area contributed by atoms with Crippen LogP contribution in [0.5, 0.6) is 0 Å². The number of hydrogen-bond acceptors (Lipinski definition) is 7. The molecular formula is C27H32N4O3S. The summed E-state index contributed by atoms with van der Waals surface area (Å²) in [5, 5.41) is 25.0. The highest BCUT2D eigenvalue weighted by Crippen LogP contribution is 2.45. The molecule has 8 heteroatoms. The predicted molar refractivity (Wildman–Crippen MR) is 137 cm³/mol. The van der Waals surface area contributed by atoms with Gasteiger partial charge in [0.05, 0.1) is 16.5 Å². The van der Waals surface area contributed by atoms with Crippen LogP contribution >= 0.6 is 11.3 Å². The Labute approximate surface area is 209 Å². The van der Waals surface area contributed by atoms with E-state index in [9.17, 15) is 15.0 Å². The molecule has 0 amide bonds. The van der Waals surface area contributed by atoms with Gasteiger partial charge in [0.2, 0.25) is 0 Å². The highest BCUT2D eigenvalue weighted by molar-refractivity contribution is 7.15. The molecule has 1 atom stereocenters. The minimum Gasteiger partial charge on any atom is -0.481 e. The highest BCUT2D eigenvalue weighted by atomic mass is 32.1. The Bertz CT molecular complexity index is 1220. The van der Waals surface area contributed by atoms with Crippen LogP contribution in [-0.4, -0.2) is 31.1 Å². The fourth-order valence-corrected chi connectivity index (χ4v) is 6.32. The molecule has 2 aliphatic carbocycles. The van der Waals surface area contributed by atoms with E-state index < -0.39 is 11.6 Å². The predicted octanol–water partition coefficient (Wildman–Crippen LogP) is 6.02. The quantitative estimate of drug-likeness (QED) is 0.353. The van der Waals surface area contributed by atoms with Crippen molar-refractivity contribution in [1.29, 1.82) is 0 Å². The highest BCUT2D eigenvalue weighted by Gasteiger charge is 2.42. The Morgan fingerprint density at radius 2 is 1.89 bits per heavy atom. The molecule has 2 saturated carbocycles. The number of carboxylic acids is 1. The van der Waals surface area contributed by atoms with Gasteiger partial charge in [-0.25, -0.2) is 15.0 Å². The normalized spacial score (nSPS) is 21.9. The Balaban J connectivity index is 1.36. The first-order valence-corrected chi connectivity index (χ1v) is 13.3. The van der Waals surface area contributed by atoms with E-state index in [-0.39, 0.29) is 11.8 Å². The SMILES string of the molecule is CCC(O)(c1ncc(-c2cc(C)cc(Nc3cc(C4CC4)ccn3)n2)s1)[C@H]1CC[C@H](C(=O)O)CC1. The van der Waals surface area contributed by atoms with E-state index in [0.29, 0.717) is 43.0 Å². The van der Waals surface area contributed by atoms with Gasteiger partial charge in [-0.1, -0.05) is 6.92 Å². The second kappa shape index (κ2) is 9.66. The van der Waals surface area contributed by atoms with Crippen molar-refractivity contribution in [2.24, 2.45) is 11.8 Å². The lowest BCUT2D eigenvalue weighted by atomic mass is 9.72. The third kappa shape index (κ3) is 5.09. The molecule has 1 unspecified atom stereocenters. The first-order valence-electron chi connectivity index (χ1n) is 12.5. The number of thiazole rings is 1. The van der Waals surface area contributed by atoms with Gasteiger partial charge in [0.1, 0.15) is 22.2 Å². The van der Waals surface area contributed by atoms with Crippen molar-refractivity contribution >= 4 is 28.9 Å². The summed E-state index contributed by atoms with van der Waals surface area (Å²) in [7, 11) is 0. The Morgan fingerprint density at radius 1 is 1.11 bits per heavy atom. The number of nitrogens with one attached hydrogen (secondary N) is 1. The van der Waals surface area contributed by atoms with Crippen LogP contribution < -0.4 is 5.32 Å². The average Bonchev–Trinajstić information content (AvgIpc) is 3.59. The maximum atomic E-state index is 11.6. The van der Waals surface area contributed by atoms with Crippen molar-refractivity contribution in [3.63, 3.8) is 0 Å². The molecule has 3 aromatic heterocycles. The lowest BCUT2D eigenvalue weighted by molar-refractivity contribution is -0.144. The molecule has 0 aromatic carbocycles. The summed E-state index contributed by atoms with van der Waals surface area (Å²) >= 11 is 1.47. The molecule has 0 aliphatic heterocycles. The van der Waals surface area contributed by atoms with Crippen LogP contribution in [0.1, 0.15) is 73.9 Å². The summed E-state index contributed by atoms with van der Waals surface area (Å²) in [5.41, 5.74) is 2.15. The van der Waals surface area contributed by atoms with Gasteiger partial charge >= 0.3 is 5.97 Å². The Hall–Kier alpha value is -2.84. The van der Waals surface area contributed by atoms with Crippen LogP contribution in [0.2, 0.25) is 0 Å². The van der Waals surface area contributed by atoms with Crippen LogP contribution in [-0.2, 0) is 10.4 Å². The molecule has 2 aliphatic rings. The molecule has 184 valence electrons. The fraction of sp³-hybridized carbons (Fsp3) is 0.481. The topological polar surface area (TPSA) is 108 Å². The molecule has 35 heavy (non-hydrogen) atoms. The first kappa shape index (κ1) is 23.9. The molecule has 3 heterocycles. The number of carboxylic acid groups (broad SMARTS) is 1. The van der Waals surface area contributed by atoms with E-state index in [1.165, 1.54) is 29.7 Å². The minimum absolute atomic E-state index is 0.00890. The number of anilines is 2. The molecule has 3 N–H and O–H groups in total. The fourth-order valence-electron chi connectivity index (χ4n) is 5.20. The summed E-state index contributed by atoms with van der Waals surface area (Å²) in [6.07, 6.45) is 9.26. The van der Waals surface area contributed by atoms with E-state index >= 15 is 0 Å². The number of hydrogen-bond donors (Lipinski definition) is 3. The molecule has 0 spiro atoms. The Morgan fingerprint density at radius 3 is 2.57 bits per heavy atom. The monoisotopic (exact) mass is 492 g/mol. The minimum atomic E-state index is -1.05. The largest absolute Gasteiger partial charge is 0.481 e. The van der Waals surface area contributed by atoms with Crippen molar-refractivity contribution in [2.75, 3.05) is 5.32 Å². The van der Waals surface area contributed by atoms with E-state index in [1.54, 1.807) is 6.20 Å². The van der Waals surface area contributed by atoms with Gasteiger partial charge in [-0.3, -0.25) is 4.79 Å². The average molecular weight is 493 g/mol. The van der Waals surface area contributed by atoms with Crippen molar-refractivity contribution in [1.82, 2.24) is 15.0 Å². The number of aromatic nitrogens is 3. The first-order chi connectivity index (χ1) is 16.9. The van der Waals surface area contributed by atoms with Crippen LogP contribution in [0.15, 0.2) is 36.7 Å². The summed E-state index contributed by atoms with van der Waals surface area (Å²) in [6, 6.07) is 8.21. The van der Waals surface area contributed by atoms with E-state index in [1.807, 2.05) is 32.2 Å². The molecule has 7 nitrogen and oxygen atoms in total. The van der Waals surface area contributed by atoms with E-state index in [0.717, 1.165) is 27.8 Å². The van der Waals surface area contributed by atoms with Gasteiger partial charge in [-0.05, 0) is 99.1 Å². The number of pyridine rings is 2. The van der Waals surface area contributed by atoms with Crippen LogP contribution in [0.25, 0.3) is 10.6 Å². The Kier molecular flexibility index (Phi) is 6.59. The van der Waals surface area contributed by atoms with E-state index in [2.05, 4.69) is 27.4 Å². The van der Waals surface area contributed by atoms with Gasteiger partial charge in [0.25, 0.3) is 0 Å². The number of carbonyl (C=O) groups is 1. The number of nitrogens with zero attached hydrogens (tertiary/aromatic N) is 3. The summed E-state index contributed by atoms with van der Waals surface area (Å²) < 4.78 is 0. The lowest BCUT2D eigenvalue weighted by Crippen LogP contribution is -2.37. The lowest BCUT2D eigenvalue weighted by Gasteiger charge is -2.37. The zero-order valence-corrected chi connectivity index (χ0v) is 21.0. The van der Waals surface area contributed by atoms with Gasteiger partial charge in [-0.2, -0.15) is 0 Å². The number of aliphatic carboxylic acids is 1. The van der Waals surface area contributed by atoms with Gasteiger partial charge in [0, 0.05) is 12.4 Å². The smallest absolute Gasteiger partial charge is 0.306 e. The second-order valence-corrected chi connectivity index (χ2v) is 11.0. The molecular weight excluding hydrogens is 460 g/mol. The summed E-state index contributed by atoms with van der Waals surface area (Å²) in [4.78, 5) is 26.2. The van der Waals surface area contributed by atoms with Gasteiger partial charge in [0.15, 0.2) is 0 Å². The van der Waals surface area contributed by atoms with Crippen molar-refractivity contribution < 1.29 is 15.0 Å². The molecule has 5 rings (SSSR count). The molecule has 2 fully saturated rings. The molecule has 0 saturated heterocycles. The van der Waals surface area contributed by atoms with Crippen molar-refractivity contribution in [3.8, 4) is 10.6 Å². The van der Waals surface area contributed by atoms with Crippen molar-refractivity contribution in [3.05, 3.63) is 52.8 Å². The third-order valence-electron chi connectivity index (χ3n) is 7.48. The van der Waals surface area contributed by atoms with Crippen molar-refractivity contribution in [2.45, 2.75) is 70.3 Å². The summed E-state index contributed by atoms with van der Waals surface area (Å²) in [6.45, 7) is 4.01. The maximum Gasteiger partial charge on any atom is 0.306 e. The zero-order chi connectivity index (χ0) is 24.6.